The molecular formula is C44H37NO2Si. The van der Waals surface area contributed by atoms with E-state index >= 15 is 0 Å². The second kappa shape index (κ2) is 10.5. The van der Waals surface area contributed by atoms with Gasteiger partial charge in [0.15, 0.2) is 11.6 Å². The van der Waals surface area contributed by atoms with Crippen molar-refractivity contribution in [2.75, 3.05) is 4.90 Å². The van der Waals surface area contributed by atoms with Crippen molar-refractivity contribution >= 4 is 69.5 Å². The second-order valence-electron chi connectivity index (χ2n) is 14.8. The Morgan fingerprint density at radius 3 is 1.96 bits per heavy atom. The number of carbonyl (C=O) groups is 2. The van der Waals surface area contributed by atoms with Crippen LogP contribution in [0.25, 0.3) is 27.6 Å². The molecule has 3 nitrogen and oxygen atoms in total. The predicted molar refractivity (Wildman–Crippen MR) is 201 cm³/mol. The summed E-state index contributed by atoms with van der Waals surface area (Å²) in [7, 11) is -1.43. The Balaban J connectivity index is 1.19. The fourth-order valence-electron chi connectivity index (χ4n) is 8.65. The van der Waals surface area contributed by atoms with Crippen molar-refractivity contribution in [1.82, 2.24) is 0 Å². The first kappa shape index (κ1) is 29.1. The molecule has 4 heteroatoms. The van der Waals surface area contributed by atoms with Crippen LogP contribution in [0.5, 0.6) is 0 Å². The van der Waals surface area contributed by atoms with Crippen molar-refractivity contribution in [1.29, 1.82) is 0 Å². The maximum Gasteiger partial charge on any atom is 0.197 e. The number of nitrogens with zero attached hydrogens (tertiary/aromatic N) is 1. The Hall–Kier alpha value is -5.06. The molecule has 6 aromatic rings. The van der Waals surface area contributed by atoms with Gasteiger partial charge < -0.3 is 4.90 Å². The highest BCUT2D eigenvalue weighted by molar-refractivity contribution is 6.88. The second-order valence-corrected chi connectivity index (χ2v) is 19.9. The van der Waals surface area contributed by atoms with Gasteiger partial charge in [0, 0.05) is 22.2 Å². The molecule has 0 N–H and O–H groups in total. The largest absolute Gasteiger partial charge is 0.310 e. The minimum absolute atomic E-state index is 0.0543. The van der Waals surface area contributed by atoms with E-state index in [1.165, 1.54) is 51.6 Å². The summed E-state index contributed by atoms with van der Waals surface area (Å²) in [5, 5.41) is 5.77. The normalized spacial score (nSPS) is 16.5. The summed E-state index contributed by atoms with van der Waals surface area (Å²) in [5.74, 6) is -0.382. The Kier molecular flexibility index (Phi) is 6.35. The van der Waals surface area contributed by atoms with Gasteiger partial charge >= 0.3 is 0 Å². The fourth-order valence-corrected chi connectivity index (χ4v) is 9.81. The molecule has 3 aliphatic rings. The molecule has 234 valence electrons. The van der Waals surface area contributed by atoms with Gasteiger partial charge in [-0.2, -0.15) is 0 Å². The van der Waals surface area contributed by atoms with Gasteiger partial charge in [-0.15, -0.1) is 0 Å². The van der Waals surface area contributed by atoms with Crippen molar-refractivity contribution in [3.63, 3.8) is 0 Å². The number of anilines is 3. The van der Waals surface area contributed by atoms with Crippen molar-refractivity contribution in [3.8, 4) is 0 Å². The minimum Gasteiger partial charge on any atom is -0.310 e. The van der Waals surface area contributed by atoms with Crippen LogP contribution in [0.4, 0.5) is 17.1 Å². The Morgan fingerprint density at radius 2 is 1.29 bits per heavy atom. The molecular weight excluding hydrogens is 603 g/mol. The number of rotatable bonds is 3. The van der Waals surface area contributed by atoms with Crippen LogP contribution in [0, 0.1) is 0 Å². The molecule has 0 radical (unpaired) electrons. The highest BCUT2D eigenvalue weighted by atomic mass is 28.3. The Labute approximate surface area is 282 Å². The molecule has 6 aromatic carbocycles. The zero-order valence-corrected chi connectivity index (χ0v) is 28.6. The number of benzene rings is 6. The molecule has 48 heavy (non-hydrogen) atoms. The highest BCUT2D eigenvalue weighted by Crippen LogP contribution is 2.59. The molecule has 0 aromatic heterocycles. The summed E-state index contributed by atoms with van der Waals surface area (Å²) in [6.45, 7) is 7.19. The van der Waals surface area contributed by atoms with E-state index < -0.39 is 8.07 Å². The fraction of sp³-hybridized carbons (Fsp3) is 0.182. The third kappa shape index (κ3) is 4.25. The van der Waals surface area contributed by atoms with Crippen LogP contribution >= 0.6 is 0 Å². The smallest absolute Gasteiger partial charge is 0.197 e. The molecule has 1 aliphatic heterocycles. The van der Waals surface area contributed by atoms with E-state index in [2.05, 4.69) is 103 Å². The zero-order valence-electron chi connectivity index (χ0n) is 27.6. The lowest BCUT2D eigenvalue weighted by molar-refractivity contribution is 0.0990. The minimum atomic E-state index is -1.43. The first-order valence-electron chi connectivity index (χ1n) is 17.1. The topological polar surface area (TPSA) is 37.4 Å². The number of ketones is 2. The van der Waals surface area contributed by atoms with Gasteiger partial charge in [-0.05, 0) is 99.6 Å². The SMILES string of the molecule is C[Si](C)(C)c1ccc(N2c3ccccc3C3(CCCC3)c3c2ccc2cc(C=C4C(=O)c5cc6ccccc6cc5C4=O)ccc32)cc1. The first-order chi connectivity index (χ1) is 23.2. The van der Waals surface area contributed by atoms with Crippen LogP contribution in [0.15, 0.2) is 121 Å². The van der Waals surface area contributed by atoms with Crippen LogP contribution in [0.3, 0.4) is 0 Å². The lowest BCUT2D eigenvalue weighted by Gasteiger charge is -2.44. The van der Waals surface area contributed by atoms with Gasteiger partial charge in [0.1, 0.15) is 0 Å². The maximum atomic E-state index is 13.6. The van der Waals surface area contributed by atoms with E-state index in [0.29, 0.717) is 11.1 Å². The van der Waals surface area contributed by atoms with Crippen molar-refractivity contribution in [2.24, 2.45) is 0 Å². The number of hydrogen-bond acceptors (Lipinski definition) is 3. The van der Waals surface area contributed by atoms with Gasteiger partial charge in [0.2, 0.25) is 0 Å². The maximum absolute atomic E-state index is 13.6. The quantitative estimate of drug-likeness (QED) is 0.110. The predicted octanol–water partition coefficient (Wildman–Crippen LogP) is 10.6. The van der Waals surface area contributed by atoms with Crippen LogP contribution in [-0.2, 0) is 5.41 Å². The molecule has 0 saturated heterocycles. The number of allylic oxidation sites excluding steroid dienone is 1. The van der Waals surface area contributed by atoms with Crippen molar-refractivity contribution in [2.45, 2.75) is 50.7 Å². The molecule has 0 unspecified atom stereocenters. The summed E-state index contributed by atoms with van der Waals surface area (Å²) in [6, 6.07) is 40.9. The molecule has 0 atom stereocenters. The van der Waals surface area contributed by atoms with Gasteiger partial charge in [-0.1, -0.05) is 110 Å². The summed E-state index contributed by atoms with van der Waals surface area (Å²) >= 11 is 0. The molecule has 1 heterocycles. The zero-order chi connectivity index (χ0) is 32.8. The van der Waals surface area contributed by atoms with Crippen LogP contribution in [0.2, 0.25) is 19.6 Å². The molecule has 9 rings (SSSR count). The third-order valence-corrected chi connectivity index (χ3v) is 13.1. The number of fused-ring (bicyclic) bond motifs is 8. The highest BCUT2D eigenvalue weighted by Gasteiger charge is 2.46. The van der Waals surface area contributed by atoms with E-state index in [4.69, 9.17) is 0 Å². The summed E-state index contributed by atoms with van der Waals surface area (Å²) in [5.41, 5.74) is 8.58. The average Bonchev–Trinajstić information content (AvgIpc) is 3.67. The van der Waals surface area contributed by atoms with E-state index in [1.54, 1.807) is 6.08 Å². The molecule has 1 fully saturated rings. The van der Waals surface area contributed by atoms with E-state index in [-0.39, 0.29) is 22.6 Å². The van der Waals surface area contributed by atoms with Crippen LogP contribution < -0.4 is 10.1 Å². The van der Waals surface area contributed by atoms with Crippen molar-refractivity contribution in [3.05, 3.63) is 149 Å². The van der Waals surface area contributed by atoms with Gasteiger partial charge in [0.25, 0.3) is 0 Å². The number of Topliss-reactive ketones (excluding diaryl/α,β-unsaturated/α-hetero) is 2. The molecule has 1 saturated carbocycles. The molecule has 0 bridgehead atoms. The van der Waals surface area contributed by atoms with Gasteiger partial charge in [-0.25, -0.2) is 0 Å². The lowest BCUT2D eigenvalue weighted by atomic mass is 9.68. The van der Waals surface area contributed by atoms with E-state index in [1.807, 2.05) is 36.4 Å². The Morgan fingerprint density at radius 1 is 0.646 bits per heavy atom. The van der Waals surface area contributed by atoms with Crippen LogP contribution in [-0.4, -0.2) is 19.6 Å². The first-order valence-corrected chi connectivity index (χ1v) is 20.6. The number of para-hydroxylation sites is 1. The van der Waals surface area contributed by atoms with Crippen LogP contribution in [0.1, 0.15) is 63.1 Å². The van der Waals surface area contributed by atoms with E-state index in [0.717, 1.165) is 34.6 Å². The number of carbonyl (C=O) groups excluding carboxylic acids is 2. The number of hydrogen-bond donors (Lipinski definition) is 0. The summed E-state index contributed by atoms with van der Waals surface area (Å²) < 4.78 is 0. The summed E-state index contributed by atoms with van der Waals surface area (Å²) in [6.07, 6.45) is 6.46. The Bertz CT molecular complexity index is 2310. The monoisotopic (exact) mass is 639 g/mol. The third-order valence-electron chi connectivity index (χ3n) is 11.0. The van der Waals surface area contributed by atoms with E-state index in [9.17, 15) is 9.59 Å². The van der Waals surface area contributed by atoms with Crippen molar-refractivity contribution < 1.29 is 9.59 Å². The van der Waals surface area contributed by atoms with Gasteiger partial charge in [0.05, 0.1) is 25.0 Å². The lowest BCUT2D eigenvalue weighted by Crippen LogP contribution is -2.37. The standard InChI is InChI=1S/C44H37NO2Si/c1-48(2,3)33-18-16-32(17-19-33)45-39-13-7-6-12-38(39)44(22-8-9-23-44)41-34-20-14-28(24-31(34)15-21-40(41)45)25-37-42(46)35-26-29-10-4-5-11-30(29)27-36(35)43(37)47/h4-7,10-21,24-27H,8-9,22-23H2,1-3H3. The summed E-state index contributed by atoms with van der Waals surface area (Å²) in [4.78, 5) is 29.6. The molecule has 1 spiro atoms. The molecule has 2 aliphatic carbocycles. The van der Waals surface area contributed by atoms with Gasteiger partial charge in [-0.3, -0.25) is 9.59 Å². The average molecular weight is 640 g/mol. The molecule has 0 amide bonds.